The third kappa shape index (κ3) is 4.96. The molecule has 0 amide bonds. The van der Waals surface area contributed by atoms with Crippen LogP contribution in [-0.4, -0.2) is 4.98 Å². The Morgan fingerprint density at radius 1 is 0.957 bits per heavy atom. The van der Waals surface area contributed by atoms with Crippen molar-refractivity contribution in [3.05, 3.63) is 72.4 Å². The Kier molecular flexibility index (Phi) is 6.89. The summed E-state index contributed by atoms with van der Waals surface area (Å²) in [5, 5.41) is 0. The molecule has 2 N–H and O–H groups in total. The summed E-state index contributed by atoms with van der Waals surface area (Å²) in [6.07, 6.45) is 1.69. The number of aromatic nitrogens is 1. The summed E-state index contributed by atoms with van der Waals surface area (Å²) in [7, 11) is 0. The molecule has 0 atom stereocenters. The summed E-state index contributed by atoms with van der Waals surface area (Å²) < 4.78 is 5.83. The number of hydrogen-bond donors (Lipinski definition) is 1. The molecule has 0 radical (unpaired) electrons. The van der Waals surface area contributed by atoms with Crippen molar-refractivity contribution in [1.29, 1.82) is 0 Å². The zero-order valence-electron chi connectivity index (χ0n) is 12.5. The van der Waals surface area contributed by atoms with Crippen LogP contribution in [0, 0.1) is 6.92 Å². The first-order chi connectivity index (χ1) is 11.2. The van der Waals surface area contributed by atoms with E-state index in [1.165, 1.54) is 5.56 Å². The summed E-state index contributed by atoms with van der Waals surface area (Å²) in [5.74, 6) is 2.17. The monoisotopic (exact) mass is 466 g/mol. The van der Waals surface area contributed by atoms with Gasteiger partial charge in [-0.2, -0.15) is 0 Å². The second kappa shape index (κ2) is 8.91. The van der Waals surface area contributed by atoms with Gasteiger partial charge in [-0.1, -0.05) is 24.3 Å². The van der Waals surface area contributed by atoms with Crippen molar-refractivity contribution >= 4 is 26.2 Å². The van der Waals surface area contributed by atoms with Gasteiger partial charge in [0, 0.05) is 11.8 Å². The molecule has 1 aromatic heterocycles. The van der Waals surface area contributed by atoms with Crippen LogP contribution < -0.4 is 10.5 Å². The van der Waals surface area contributed by atoms with Crippen LogP contribution in [-0.2, 0) is 12.8 Å². The third-order valence-corrected chi connectivity index (χ3v) is 3.23. The van der Waals surface area contributed by atoms with Crippen LogP contribution in [0.5, 0.6) is 11.5 Å². The van der Waals surface area contributed by atoms with Gasteiger partial charge in [-0.3, -0.25) is 0 Å². The molecule has 0 saturated heterocycles. The average Bonchev–Trinajstić information content (AvgIpc) is 2.58. The van der Waals surface area contributed by atoms with Crippen LogP contribution in [0.2, 0.25) is 0 Å². The van der Waals surface area contributed by atoms with E-state index < -0.39 is 0 Å². The molecule has 23 heavy (non-hydrogen) atoms. The molecule has 3 aromatic rings. The van der Waals surface area contributed by atoms with E-state index in [9.17, 15) is 0 Å². The van der Waals surface area contributed by atoms with Crippen molar-refractivity contribution in [3.8, 4) is 22.6 Å². The van der Waals surface area contributed by atoms with Crippen LogP contribution in [0.15, 0.2) is 66.9 Å². The number of rotatable bonds is 3. The van der Waals surface area contributed by atoms with E-state index in [4.69, 9.17) is 10.5 Å². The normalized spacial score (nSPS) is 9.74. The van der Waals surface area contributed by atoms with Gasteiger partial charge >= 0.3 is 33.1 Å². The molecular weight excluding hydrogens is 451 g/mol. The molecule has 0 bridgehead atoms. The first-order valence-corrected chi connectivity index (χ1v) is 9.93. The maximum absolute atomic E-state index is 5.89. The first kappa shape index (κ1) is 17.8. The second-order valence-electron chi connectivity index (χ2n) is 4.88. The standard InChI is InChI=1S/C18H16N2O.Cu.HI/c1-13-4-2-5-16(12-13)21-15-9-7-14(8-10-15)17-6-3-11-20-18(17)19;;/h2-12H,1H3,(H2,19,20);;1H/q;+1;/p-1. The van der Waals surface area contributed by atoms with Crippen LogP contribution in [0.25, 0.3) is 11.1 Å². The van der Waals surface area contributed by atoms with Crippen molar-refractivity contribution in [3.63, 3.8) is 0 Å². The van der Waals surface area contributed by atoms with Gasteiger partial charge in [0.25, 0.3) is 0 Å². The van der Waals surface area contributed by atoms with E-state index in [2.05, 4.69) is 17.7 Å². The predicted octanol–water partition coefficient (Wildman–Crippen LogP) is 5.31. The summed E-state index contributed by atoms with van der Waals surface area (Å²) in [6.45, 7) is 2.04. The molecule has 3 nitrogen and oxygen atoms in total. The van der Waals surface area contributed by atoms with Crippen molar-refractivity contribution in [2.24, 2.45) is 0 Å². The third-order valence-electron chi connectivity index (χ3n) is 3.23. The van der Waals surface area contributed by atoms with Gasteiger partial charge in [-0.25, -0.2) is 4.98 Å². The van der Waals surface area contributed by atoms with Gasteiger partial charge in [0.2, 0.25) is 0 Å². The number of hydrogen-bond acceptors (Lipinski definition) is 3. The number of nitrogens with two attached hydrogens (primary N) is 1. The summed E-state index contributed by atoms with van der Waals surface area (Å²) in [5.41, 5.74) is 9.02. The number of anilines is 1. The van der Waals surface area contributed by atoms with E-state index >= 15 is 0 Å². The van der Waals surface area contributed by atoms with Gasteiger partial charge in [0.15, 0.2) is 0 Å². The molecule has 0 aliphatic carbocycles. The van der Waals surface area contributed by atoms with Gasteiger partial charge in [0.05, 0.1) is 0 Å². The molecule has 0 spiro atoms. The molecular formula is C18H16CuIN2O. The van der Waals surface area contributed by atoms with Crippen molar-refractivity contribution in [2.45, 2.75) is 6.92 Å². The Bertz CT molecular complexity index is 763. The quantitative estimate of drug-likeness (QED) is 0.420. The first-order valence-electron chi connectivity index (χ1n) is 6.89. The molecule has 0 fully saturated rings. The number of halogens is 1. The van der Waals surface area contributed by atoms with Crippen molar-refractivity contribution < 1.29 is 17.5 Å². The maximum atomic E-state index is 5.89. The Labute approximate surface area is 155 Å². The van der Waals surface area contributed by atoms with E-state index in [1.807, 2.05) is 67.6 Å². The SMILES string of the molecule is Cc1cccc(Oc2ccc(-c3cccnc3N)cc2)c1.[Cu][I]. The molecule has 122 valence electrons. The van der Waals surface area contributed by atoms with Gasteiger partial charge in [-0.05, 0) is 54.4 Å². The minimum atomic E-state index is 0.532. The predicted molar refractivity (Wildman–Crippen MR) is 99.4 cm³/mol. The van der Waals surface area contributed by atoms with Crippen LogP contribution in [0.1, 0.15) is 5.56 Å². The Balaban J connectivity index is 0.000000924. The average molecular weight is 467 g/mol. The number of nitrogen functional groups attached to an aromatic ring is 1. The van der Waals surface area contributed by atoms with Gasteiger partial charge in [0.1, 0.15) is 17.3 Å². The number of nitrogens with zero attached hydrogens (tertiary/aromatic N) is 1. The molecule has 3 rings (SSSR count). The van der Waals surface area contributed by atoms with E-state index in [0.717, 1.165) is 22.6 Å². The van der Waals surface area contributed by atoms with Crippen molar-refractivity contribution in [2.75, 3.05) is 5.73 Å². The minimum absolute atomic E-state index is 0.532. The van der Waals surface area contributed by atoms with E-state index in [-0.39, 0.29) is 0 Å². The topological polar surface area (TPSA) is 48.1 Å². The molecule has 2 aromatic carbocycles. The molecule has 0 aliphatic heterocycles. The number of benzene rings is 2. The second-order valence-corrected chi connectivity index (χ2v) is 4.88. The Morgan fingerprint density at radius 2 is 1.70 bits per heavy atom. The van der Waals surface area contributed by atoms with E-state index in [1.54, 1.807) is 26.5 Å². The summed E-state index contributed by atoms with van der Waals surface area (Å²) >= 11 is 5.87. The fourth-order valence-corrected chi connectivity index (χ4v) is 2.18. The fraction of sp³-hybridized carbons (Fsp3) is 0.0556. The summed E-state index contributed by atoms with van der Waals surface area (Å²) in [6, 6.07) is 19.6. The van der Waals surface area contributed by atoms with Crippen LogP contribution >= 0.6 is 20.3 Å². The Morgan fingerprint density at radius 3 is 2.35 bits per heavy atom. The van der Waals surface area contributed by atoms with Crippen LogP contribution in [0.3, 0.4) is 0 Å². The zero-order valence-corrected chi connectivity index (χ0v) is 15.6. The Hall–Kier alpha value is -1.56. The fourth-order valence-electron chi connectivity index (χ4n) is 2.18. The van der Waals surface area contributed by atoms with Gasteiger partial charge < -0.3 is 10.5 Å². The molecule has 0 saturated carbocycles. The molecule has 0 aliphatic rings. The molecule has 5 heteroatoms. The number of ether oxygens (including phenoxy) is 1. The molecule has 1 heterocycles. The summed E-state index contributed by atoms with van der Waals surface area (Å²) in [4.78, 5) is 4.10. The number of pyridine rings is 1. The number of aryl methyl sites for hydroxylation is 1. The van der Waals surface area contributed by atoms with E-state index in [0.29, 0.717) is 5.82 Å². The zero-order chi connectivity index (χ0) is 16.7. The van der Waals surface area contributed by atoms with Gasteiger partial charge in [-0.15, -0.1) is 0 Å². The van der Waals surface area contributed by atoms with Crippen molar-refractivity contribution in [1.82, 2.24) is 4.98 Å². The molecule has 0 unspecified atom stereocenters. The van der Waals surface area contributed by atoms with Crippen LogP contribution in [0.4, 0.5) is 5.82 Å².